The largest absolute Gasteiger partial charge is 0.325 e. The molecule has 0 fully saturated rings. The summed E-state index contributed by atoms with van der Waals surface area (Å²) in [6.07, 6.45) is 4.98. The molecule has 3 N–H and O–H groups in total. The van der Waals surface area contributed by atoms with Crippen molar-refractivity contribution in [3.63, 3.8) is 0 Å². The molecular weight excluding hydrogens is 246 g/mol. The fourth-order valence-electron chi connectivity index (χ4n) is 1.12. The summed E-state index contributed by atoms with van der Waals surface area (Å²) >= 11 is 0. The van der Waals surface area contributed by atoms with Crippen molar-refractivity contribution in [2.75, 3.05) is 6.54 Å². The third-order valence-electron chi connectivity index (χ3n) is 1.91. The number of rotatable bonds is 5. The molecule has 8 heteroatoms. The van der Waals surface area contributed by atoms with E-state index >= 15 is 0 Å². The molecule has 1 aromatic heterocycles. The Kier molecular flexibility index (Phi) is 4.41. The number of allylic oxidation sites excluding steroid dienone is 1. The van der Waals surface area contributed by atoms with Crippen LogP contribution in [0.15, 0.2) is 32.8 Å². The zero-order chi connectivity index (χ0) is 12.9. The van der Waals surface area contributed by atoms with Crippen LogP contribution in [0.25, 0.3) is 0 Å². The highest BCUT2D eigenvalue weighted by Crippen LogP contribution is 1.97. The predicted molar refractivity (Wildman–Crippen MR) is 62.3 cm³/mol. The van der Waals surface area contributed by atoms with Crippen molar-refractivity contribution < 1.29 is 8.42 Å². The summed E-state index contributed by atoms with van der Waals surface area (Å²) < 4.78 is 25.5. The van der Waals surface area contributed by atoms with E-state index in [4.69, 9.17) is 0 Å². The van der Waals surface area contributed by atoms with Gasteiger partial charge in [0.2, 0.25) is 10.0 Å². The van der Waals surface area contributed by atoms with Gasteiger partial charge in [-0.2, -0.15) is 0 Å². The molecular formula is C9H13N3O4S. The minimum Gasteiger partial charge on any atom is -0.313 e. The minimum atomic E-state index is -3.89. The summed E-state index contributed by atoms with van der Waals surface area (Å²) in [7, 11) is -3.89. The molecule has 7 nitrogen and oxygen atoms in total. The molecule has 17 heavy (non-hydrogen) atoms. The van der Waals surface area contributed by atoms with Gasteiger partial charge in [-0.1, -0.05) is 12.2 Å². The van der Waals surface area contributed by atoms with Gasteiger partial charge in [0.05, 0.1) is 0 Å². The van der Waals surface area contributed by atoms with Gasteiger partial charge < -0.3 is 4.98 Å². The van der Waals surface area contributed by atoms with Crippen molar-refractivity contribution in [1.29, 1.82) is 0 Å². The lowest BCUT2D eigenvalue weighted by Crippen LogP contribution is -2.33. The summed E-state index contributed by atoms with van der Waals surface area (Å²) in [5.41, 5.74) is -1.69. The van der Waals surface area contributed by atoms with Crippen molar-refractivity contribution in [3.8, 4) is 0 Å². The fraction of sp³-hybridized carbons (Fsp3) is 0.333. The Morgan fingerprint density at radius 2 is 2.12 bits per heavy atom. The third kappa shape index (κ3) is 3.68. The van der Waals surface area contributed by atoms with Crippen molar-refractivity contribution in [3.05, 3.63) is 39.2 Å². The Morgan fingerprint density at radius 3 is 2.71 bits per heavy atom. The van der Waals surface area contributed by atoms with Gasteiger partial charge in [-0.25, -0.2) is 17.9 Å². The number of aromatic nitrogens is 2. The van der Waals surface area contributed by atoms with E-state index in [0.717, 1.165) is 6.20 Å². The first-order valence-electron chi connectivity index (χ1n) is 4.90. The first-order chi connectivity index (χ1) is 7.97. The number of H-pyrrole nitrogens is 2. The van der Waals surface area contributed by atoms with E-state index in [-0.39, 0.29) is 6.54 Å². The first kappa shape index (κ1) is 13.4. The monoisotopic (exact) mass is 259 g/mol. The van der Waals surface area contributed by atoms with Crippen LogP contribution in [0.2, 0.25) is 0 Å². The third-order valence-corrected chi connectivity index (χ3v) is 3.38. The van der Waals surface area contributed by atoms with Crippen LogP contribution in [0.1, 0.15) is 13.3 Å². The molecule has 0 aliphatic rings. The molecule has 0 bridgehead atoms. The lowest BCUT2D eigenvalue weighted by atomic mass is 10.4. The predicted octanol–water partition coefficient (Wildman–Crippen LogP) is -0.692. The second-order valence-electron chi connectivity index (χ2n) is 3.19. The standard InChI is InChI=1S/C9H13N3O4S/c1-2-3-4-5-11-17(15,16)7-6-10-9(14)12-8(7)13/h2-3,6,11H,4-5H2,1H3,(H2,10,12,13,14)/b3-2+. The molecule has 0 amide bonds. The maximum atomic E-state index is 11.7. The molecule has 0 atom stereocenters. The number of sulfonamides is 1. The number of hydrogen-bond acceptors (Lipinski definition) is 4. The van der Waals surface area contributed by atoms with E-state index in [0.29, 0.717) is 6.42 Å². The topological polar surface area (TPSA) is 112 Å². The molecule has 1 rings (SSSR count). The van der Waals surface area contributed by atoms with E-state index in [1.54, 1.807) is 12.2 Å². The van der Waals surface area contributed by atoms with Crippen molar-refractivity contribution in [2.45, 2.75) is 18.2 Å². The lowest BCUT2D eigenvalue weighted by Gasteiger charge is -2.03. The lowest BCUT2D eigenvalue weighted by molar-refractivity contribution is 0.579. The summed E-state index contributed by atoms with van der Waals surface area (Å²) in [6, 6.07) is 0. The van der Waals surface area contributed by atoms with Crippen LogP contribution in [0, 0.1) is 0 Å². The van der Waals surface area contributed by atoms with Gasteiger partial charge in [0, 0.05) is 12.7 Å². The summed E-state index contributed by atoms with van der Waals surface area (Å²) in [5.74, 6) is 0. The Labute approximate surface area is 97.6 Å². The normalized spacial score (nSPS) is 12.1. The Morgan fingerprint density at radius 1 is 1.41 bits per heavy atom. The van der Waals surface area contributed by atoms with Gasteiger partial charge in [-0.15, -0.1) is 0 Å². The van der Waals surface area contributed by atoms with E-state index in [1.165, 1.54) is 0 Å². The van der Waals surface area contributed by atoms with Gasteiger partial charge in [0.1, 0.15) is 0 Å². The number of aromatic amines is 2. The molecule has 0 spiro atoms. The summed E-state index contributed by atoms with van der Waals surface area (Å²) in [6.45, 7) is 2.01. The smallest absolute Gasteiger partial charge is 0.313 e. The quantitative estimate of drug-likeness (QED) is 0.480. The van der Waals surface area contributed by atoms with Crippen LogP contribution in [0.5, 0.6) is 0 Å². The van der Waals surface area contributed by atoms with Crippen LogP contribution >= 0.6 is 0 Å². The average Bonchev–Trinajstić information content (AvgIpc) is 2.24. The molecule has 1 heterocycles. The van der Waals surface area contributed by atoms with Gasteiger partial charge >= 0.3 is 5.69 Å². The second kappa shape index (κ2) is 5.60. The zero-order valence-corrected chi connectivity index (χ0v) is 10.0. The van der Waals surface area contributed by atoms with Crippen molar-refractivity contribution >= 4 is 10.0 Å². The van der Waals surface area contributed by atoms with E-state index in [2.05, 4.69) is 9.71 Å². The highest BCUT2D eigenvalue weighted by atomic mass is 32.2. The zero-order valence-electron chi connectivity index (χ0n) is 9.19. The SMILES string of the molecule is C/C=C/CCNS(=O)(=O)c1c[nH]c(=O)[nH]c1=O. The van der Waals surface area contributed by atoms with Crippen LogP contribution in [-0.2, 0) is 10.0 Å². The average molecular weight is 259 g/mol. The van der Waals surface area contributed by atoms with Crippen LogP contribution in [0.3, 0.4) is 0 Å². The molecule has 94 valence electrons. The van der Waals surface area contributed by atoms with Gasteiger partial charge in [-0.3, -0.25) is 9.78 Å². The highest BCUT2D eigenvalue weighted by Gasteiger charge is 2.17. The van der Waals surface area contributed by atoms with Crippen LogP contribution in [-0.4, -0.2) is 24.9 Å². The maximum absolute atomic E-state index is 11.7. The van der Waals surface area contributed by atoms with Crippen LogP contribution in [0.4, 0.5) is 0 Å². The molecule has 0 saturated heterocycles. The molecule has 0 aliphatic heterocycles. The highest BCUT2D eigenvalue weighted by molar-refractivity contribution is 7.89. The van der Waals surface area contributed by atoms with Crippen LogP contribution < -0.4 is 16.0 Å². The summed E-state index contributed by atoms with van der Waals surface area (Å²) in [4.78, 5) is 25.4. The first-order valence-corrected chi connectivity index (χ1v) is 6.38. The van der Waals surface area contributed by atoms with Gasteiger partial charge in [0.25, 0.3) is 5.56 Å². The summed E-state index contributed by atoms with van der Waals surface area (Å²) in [5, 5.41) is 0. The molecule has 1 aromatic rings. The van der Waals surface area contributed by atoms with Crippen molar-refractivity contribution in [1.82, 2.24) is 14.7 Å². The van der Waals surface area contributed by atoms with E-state index < -0.39 is 26.2 Å². The van der Waals surface area contributed by atoms with E-state index in [9.17, 15) is 18.0 Å². The molecule has 0 unspecified atom stereocenters. The Balaban J connectivity index is 2.90. The minimum absolute atomic E-state index is 0.186. The van der Waals surface area contributed by atoms with Crippen molar-refractivity contribution in [2.24, 2.45) is 0 Å². The molecule has 0 radical (unpaired) electrons. The van der Waals surface area contributed by atoms with Gasteiger partial charge in [-0.05, 0) is 13.3 Å². The van der Waals surface area contributed by atoms with E-state index in [1.807, 2.05) is 11.9 Å². The number of nitrogens with one attached hydrogen (secondary N) is 3. The van der Waals surface area contributed by atoms with Gasteiger partial charge in [0.15, 0.2) is 4.90 Å². The maximum Gasteiger partial charge on any atom is 0.325 e. The molecule has 0 aromatic carbocycles. The number of hydrogen-bond donors (Lipinski definition) is 3. The molecule has 0 saturated carbocycles. The second-order valence-corrected chi connectivity index (χ2v) is 4.93. The fourth-order valence-corrected chi connectivity index (χ4v) is 2.17. The Bertz CT molecular complexity index is 612. The Hall–Kier alpha value is -1.67. The molecule has 0 aliphatic carbocycles.